The molecule has 7 nitrogen and oxygen atoms in total. The summed E-state index contributed by atoms with van der Waals surface area (Å²) >= 11 is 0. The number of hydrogen-bond acceptors (Lipinski definition) is 4. The minimum Gasteiger partial charge on any atom is -0.480 e. The predicted octanol–water partition coefficient (Wildman–Crippen LogP) is -0.754. The lowest BCUT2D eigenvalue weighted by molar-refractivity contribution is -0.142. The molecule has 1 rings (SSSR count). The van der Waals surface area contributed by atoms with Crippen LogP contribution >= 0.6 is 0 Å². The molecular formula is C11H18N2O5. The minimum absolute atomic E-state index is 0.000459. The van der Waals surface area contributed by atoms with Crippen LogP contribution in [-0.4, -0.2) is 41.6 Å². The van der Waals surface area contributed by atoms with E-state index in [4.69, 9.17) is 15.6 Å². The van der Waals surface area contributed by atoms with Gasteiger partial charge in [0.15, 0.2) is 0 Å². The quantitative estimate of drug-likeness (QED) is 0.579. The number of hydrogen-bond donors (Lipinski definition) is 3. The normalized spacial score (nSPS) is 24.5. The van der Waals surface area contributed by atoms with Crippen molar-refractivity contribution in [3.05, 3.63) is 0 Å². The molecule has 1 aliphatic heterocycles. The Kier molecular flexibility index (Phi) is 5.08. The van der Waals surface area contributed by atoms with Gasteiger partial charge in [0, 0.05) is 6.42 Å². The fourth-order valence-electron chi connectivity index (χ4n) is 1.83. The number of carbonyl (C=O) groups excluding carboxylic acids is 2. The highest BCUT2D eigenvalue weighted by atomic mass is 16.5. The molecule has 0 bridgehead atoms. The number of ether oxygens (including phenoxy) is 1. The molecule has 1 heterocycles. The molecule has 3 atom stereocenters. The number of aliphatic carboxylic acids is 1. The van der Waals surface area contributed by atoms with E-state index in [1.807, 2.05) is 6.92 Å². The highest BCUT2D eigenvalue weighted by Crippen LogP contribution is 2.19. The summed E-state index contributed by atoms with van der Waals surface area (Å²) < 4.78 is 5.24. The van der Waals surface area contributed by atoms with Crippen LogP contribution in [0.15, 0.2) is 0 Å². The molecular weight excluding hydrogens is 240 g/mol. The summed E-state index contributed by atoms with van der Waals surface area (Å²) in [6.07, 6.45) is 0.511. The maximum atomic E-state index is 11.8. The summed E-state index contributed by atoms with van der Waals surface area (Å²) in [7, 11) is 0. The van der Waals surface area contributed by atoms with Gasteiger partial charge in [-0.1, -0.05) is 0 Å². The number of carboxylic acid groups (broad SMARTS) is 1. The monoisotopic (exact) mass is 258 g/mol. The van der Waals surface area contributed by atoms with Crippen LogP contribution in [0.3, 0.4) is 0 Å². The van der Waals surface area contributed by atoms with Gasteiger partial charge in [-0.05, 0) is 19.8 Å². The predicted molar refractivity (Wildman–Crippen MR) is 61.5 cm³/mol. The molecule has 2 amide bonds. The van der Waals surface area contributed by atoms with Crippen LogP contribution in [0.25, 0.3) is 0 Å². The van der Waals surface area contributed by atoms with Gasteiger partial charge in [0.1, 0.15) is 6.04 Å². The number of carbonyl (C=O) groups is 3. The van der Waals surface area contributed by atoms with Crippen LogP contribution in [0.2, 0.25) is 0 Å². The van der Waals surface area contributed by atoms with E-state index in [1.54, 1.807) is 0 Å². The zero-order valence-electron chi connectivity index (χ0n) is 10.2. The third kappa shape index (κ3) is 4.33. The summed E-state index contributed by atoms with van der Waals surface area (Å²) in [6.45, 7) is 2.16. The van der Waals surface area contributed by atoms with Gasteiger partial charge < -0.3 is 20.9 Å². The SMILES string of the molecule is CC1CC(C(=O)N[C@@H](CCC(N)=O)C(=O)O)CO1. The second-order valence-electron chi connectivity index (χ2n) is 4.48. The topological polar surface area (TPSA) is 119 Å². The molecule has 0 saturated carbocycles. The Balaban J connectivity index is 2.47. The summed E-state index contributed by atoms with van der Waals surface area (Å²) in [5, 5.41) is 11.3. The van der Waals surface area contributed by atoms with Gasteiger partial charge in [-0.25, -0.2) is 4.79 Å². The number of primary amides is 1. The molecule has 2 unspecified atom stereocenters. The second-order valence-corrected chi connectivity index (χ2v) is 4.48. The third-order valence-electron chi connectivity index (χ3n) is 2.86. The highest BCUT2D eigenvalue weighted by molar-refractivity contribution is 5.85. The standard InChI is InChI=1S/C11H18N2O5/c1-6-4-7(5-18-6)10(15)13-8(11(16)17)2-3-9(12)14/h6-8H,2-5H2,1H3,(H2,12,14)(H,13,15)(H,16,17)/t6?,7?,8-/m0/s1. The number of nitrogens with two attached hydrogens (primary N) is 1. The van der Waals surface area contributed by atoms with Crippen LogP contribution in [0.4, 0.5) is 0 Å². The van der Waals surface area contributed by atoms with Crippen LogP contribution in [-0.2, 0) is 19.1 Å². The molecule has 0 aliphatic carbocycles. The van der Waals surface area contributed by atoms with Crippen LogP contribution in [0, 0.1) is 5.92 Å². The fourth-order valence-corrected chi connectivity index (χ4v) is 1.83. The van der Waals surface area contributed by atoms with Gasteiger partial charge in [0.2, 0.25) is 11.8 Å². The second kappa shape index (κ2) is 6.34. The van der Waals surface area contributed by atoms with Crippen LogP contribution in [0.5, 0.6) is 0 Å². The summed E-state index contributed by atoms with van der Waals surface area (Å²) in [6, 6.07) is -1.08. The Morgan fingerprint density at radius 3 is 2.61 bits per heavy atom. The first-order chi connectivity index (χ1) is 8.40. The Hall–Kier alpha value is -1.63. The molecule has 1 saturated heterocycles. The fraction of sp³-hybridized carbons (Fsp3) is 0.727. The van der Waals surface area contributed by atoms with Crippen molar-refractivity contribution in [2.24, 2.45) is 11.7 Å². The zero-order chi connectivity index (χ0) is 13.7. The lowest BCUT2D eigenvalue weighted by Crippen LogP contribution is -2.44. The zero-order valence-corrected chi connectivity index (χ0v) is 10.2. The summed E-state index contributed by atoms with van der Waals surface area (Å²) in [5.41, 5.74) is 4.95. The van der Waals surface area contributed by atoms with Crippen molar-refractivity contribution in [3.63, 3.8) is 0 Å². The van der Waals surface area contributed by atoms with Crippen molar-refractivity contribution in [3.8, 4) is 0 Å². The Labute approximate surface area is 105 Å². The van der Waals surface area contributed by atoms with Crippen LogP contribution < -0.4 is 11.1 Å². The lowest BCUT2D eigenvalue weighted by atomic mass is 10.0. The van der Waals surface area contributed by atoms with E-state index >= 15 is 0 Å². The van der Waals surface area contributed by atoms with Crippen LogP contribution in [0.1, 0.15) is 26.2 Å². The Morgan fingerprint density at radius 2 is 2.17 bits per heavy atom. The molecule has 0 aromatic heterocycles. The minimum atomic E-state index is -1.17. The first-order valence-electron chi connectivity index (χ1n) is 5.83. The largest absolute Gasteiger partial charge is 0.480 e. The Morgan fingerprint density at radius 1 is 1.50 bits per heavy atom. The van der Waals surface area contributed by atoms with E-state index in [-0.39, 0.29) is 30.8 Å². The molecule has 0 radical (unpaired) electrons. The van der Waals surface area contributed by atoms with E-state index in [1.165, 1.54) is 0 Å². The van der Waals surface area contributed by atoms with Crippen molar-refractivity contribution in [1.29, 1.82) is 0 Å². The molecule has 0 spiro atoms. The molecule has 7 heteroatoms. The van der Waals surface area contributed by atoms with Gasteiger partial charge in [-0.3, -0.25) is 9.59 Å². The van der Waals surface area contributed by atoms with E-state index in [0.29, 0.717) is 13.0 Å². The Bertz CT molecular complexity index is 344. The van der Waals surface area contributed by atoms with Gasteiger partial charge in [-0.2, -0.15) is 0 Å². The van der Waals surface area contributed by atoms with E-state index in [9.17, 15) is 14.4 Å². The molecule has 0 aromatic rings. The molecule has 4 N–H and O–H groups in total. The van der Waals surface area contributed by atoms with Gasteiger partial charge in [0.25, 0.3) is 0 Å². The van der Waals surface area contributed by atoms with Crippen molar-refractivity contribution in [2.75, 3.05) is 6.61 Å². The van der Waals surface area contributed by atoms with E-state index in [2.05, 4.69) is 5.32 Å². The molecule has 1 fully saturated rings. The van der Waals surface area contributed by atoms with Gasteiger partial charge >= 0.3 is 5.97 Å². The number of amides is 2. The maximum Gasteiger partial charge on any atom is 0.326 e. The molecule has 0 aromatic carbocycles. The van der Waals surface area contributed by atoms with Crippen molar-refractivity contribution >= 4 is 17.8 Å². The summed E-state index contributed by atoms with van der Waals surface area (Å²) in [4.78, 5) is 33.3. The van der Waals surface area contributed by atoms with Gasteiger partial charge in [-0.15, -0.1) is 0 Å². The first-order valence-corrected chi connectivity index (χ1v) is 5.83. The van der Waals surface area contributed by atoms with Gasteiger partial charge in [0.05, 0.1) is 18.6 Å². The van der Waals surface area contributed by atoms with E-state index < -0.39 is 17.9 Å². The van der Waals surface area contributed by atoms with Crippen molar-refractivity contribution < 1.29 is 24.2 Å². The number of nitrogens with one attached hydrogen (secondary N) is 1. The number of rotatable bonds is 6. The third-order valence-corrected chi connectivity index (χ3v) is 2.86. The average Bonchev–Trinajstić information content (AvgIpc) is 2.70. The van der Waals surface area contributed by atoms with Crippen molar-refractivity contribution in [1.82, 2.24) is 5.32 Å². The van der Waals surface area contributed by atoms with E-state index in [0.717, 1.165) is 0 Å². The summed E-state index contributed by atoms with van der Waals surface area (Å²) in [5.74, 6) is -2.43. The maximum absolute atomic E-state index is 11.8. The number of carboxylic acids is 1. The molecule has 1 aliphatic rings. The first kappa shape index (κ1) is 14.4. The average molecular weight is 258 g/mol. The highest BCUT2D eigenvalue weighted by Gasteiger charge is 2.31. The smallest absolute Gasteiger partial charge is 0.326 e. The van der Waals surface area contributed by atoms with Crippen molar-refractivity contribution in [2.45, 2.75) is 38.3 Å². The molecule has 102 valence electrons. The molecule has 18 heavy (non-hydrogen) atoms. The lowest BCUT2D eigenvalue weighted by Gasteiger charge is -2.16.